The summed E-state index contributed by atoms with van der Waals surface area (Å²) in [7, 11) is 0. The Bertz CT molecular complexity index is 643. The fourth-order valence-corrected chi connectivity index (χ4v) is 3.21. The van der Waals surface area contributed by atoms with Crippen LogP contribution < -0.4 is 0 Å². The second-order valence-electron chi connectivity index (χ2n) is 6.39. The van der Waals surface area contributed by atoms with Crippen LogP contribution in [0.2, 0.25) is 0 Å². The van der Waals surface area contributed by atoms with Crippen LogP contribution in [0, 0.1) is 0 Å². The van der Waals surface area contributed by atoms with E-state index in [0.717, 1.165) is 24.0 Å². The van der Waals surface area contributed by atoms with Crippen molar-refractivity contribution in [3.05, 3.63) is 71.3 Å². The summed E-state index contributed by atoms with van der Waals surface area (Å²) in [6.45, 7) is -0.159. The van der Waals surface area contributed by atoms with Gasteiger partial charge < -0.3 is 20.1 Å². The van der Waals surface area contributed by atoms with Crippen molar-refractivity contribution < 1.29 is 20.1 Å². The van der Waals surface area contributed by atoms with Crippen LogP contribution in [-0.2, 0) is 17.6 Å². The Labute approximate surface area is 142 Å². The van der Waals surface area contributed by atoms with E-state index in [1.165, 1.54) is 5.56 Å². The monoisotopic (exact) mass is 328 g/mol. The molecular weight excluding hydrogens is 304 g/mol. The van der Waals surface area contributed by atoms with E-state index in [1.54, 1.807) is 0 Å². The normalized spacial score (nSPS) is 27.1. The summed E-state index contributed by atoms with van der Waals surface area (Å²) < 4.78 is 5.76. The second kappa shape index (κ2) is 7.90. The first kappa shape index (κ1) is 17.1. The van der Waals surface area contributed by atoms with Gasteiger partial charge in [-0.15, -0.1) is 0 Å². The first-order valence-corrected chi connectivity index (χ1v) is 8.42. The zero-order chi connectivity index (χ0) is 16.9. The summed E-state index contributed by atoms with van der Waals surface area (Å²) in [4.78, 5) is 0. The molecule has 0 saturated carbocycles. The minimum atomic E-state index is -0.975. The summed E-state index contributed by atoms with van der Waals surface area (Å²) in [5.74, 6) is 0. The molecule has 4 heteroatoms. The molecule has 2 aromatic carbocycles. The molecule has 4 nitrogen and oxygen atoms in total. The molecule has 1 heterocycles. The van der Waals surface area contributed by atoms with Crippen LogP contribution in [0.25, 0.3) is 0 Å². The lowest BCUT2D eigenvalue weighted by Gasteiger charge is -2.37. The van der Waals surface area contributed by atoms with E-state index in [2.05, 4.69) is 18.2 Å². The molecule has 4 atom stereocenters. The van der Waals surface area contributed by atoms with Gasteiger partial charge in [0, 0.05) is 6.42 Å². The van der Waals surface area contributed by atoms with Crippen molar-refractivity contribution in [3.63, 3.8) is 0 Å². The maximum atomic E-state index is 10.2. The van der Waals surface area contributed by atoms with Gasteiger partial charge in [-0.2, -0.15) is 0 Å². The van der Waals surface area contributed by atoms with E-state index in [-0.39, 0.29) is 13.0 Å². The molecule has 24 heavy (non-hydrogen) atoms. The Kier molecular flexibility index (Phi) is 5.63. The van der Waals surface area contributed by atoms with Gasteiger partial charge in [-0.1, -0.05) is 54.6 Å². The lowest BCUT2D eigenvalue weighted by molar-refractivity contribution is -0.179. The fraction of sp³-hybridized carbons (Fsp3) is 0.400. The van der Waals surface area contributed by atoms with Gasteiger partial charge in [-0.05, 0) is 29.5 Å². The molecule has 0 amide bonds. The summed E-state index contributed by atoms with van der Waals surface area (Å²) in [5.41, 5.74) is 3.28. The number of aryl methyl sites for hydroxylation is 2. The van der Waals surface area contributed by atoms with Gasteiger partial charge in [0.25, 0.3) is 0 Å². The average molecular weight is 328 g/mol. The lowest BCUT2D eigenvalue weighted by Crippen LogP contribution is -2.44. The fourth-order valence-electron chi connectivity index (χ4n) is 3.21. The third kappa shape index (κ3) is 4.02. The Morgan fingerprint density at radius 2 is 1.62 bits per heavy atom. The summed E-state index contributed by atoms with van der Waals surface area (Å²) >= 11 is 0. The number of benzene rings is 2. The zero-order valence-corrected chi connectivity index (χ0v) is 13.6. The molecule has 3 unspecified atom stereocenters. The maximum Gasteiger partial charge on any atom is 0.111 e. The van der Waals surface area contributed by atoms with E-state index < -0.39 is 24.4 Å². The number of hydrogen-bond donors (Lipinski definition) is 3. The highest BCUT2D eigenvalue weighted by Gasteiger charge is 2.37. The van der Waals surface area contributed by atoms with Crippen molar-refractivity contribution in [1.82, 2.24) is 0 Å². The van der Waals surface area contributed by atoms with Crippen LogP contribution in [0.1, 0.15) is 29.2 Å². The van der Waals surface area contributed by atoms with E-state index in [0.29, 0.717) is 0 Å². The molecule has 1 saturated heterocycles. The van der Waals surface area contributed by atoms with Crippen LogP contribution in [0.3, 0.4) is 0 Å². The Hall–Kier alpha value is -1.72. The van der Waals surface area contributed by atoms with E-state index in [1.807, 2.05) is 36.4 Å². The first-order valence-electron chi connectivity index (χ1n) is 8.42. The number of ether oxygens (including phenoxy) is 1. The smallest absolute Gasteiger partial charge is 0.111 e. The van der Waals surface area contributed by atoms with Gasteiger partial charge in [-0.3, -0.25) is 0 Å². The molecular formula is C20H24O4. The summed E-state index contributed by atoms with van der Waals surface area (Å²) in [6.07, 6.45) is -0.815. The molecule has 1 aliphatic heterocycles. The molecule has 0 aliphatic carbocycles. The standard InChI is InChI=1S/C20H24O4/c21-13-17-12-18(22)19(23)20(24-17)16-8-4-7-15(11-16)10-9-14-5-2-1-3-6-14/h1-8,11,17-23H,9-10,12-13H2/t17?,18?,19?,20-/m1/s1. The third-order valence-electron chi connectivity index (χ3n) is 4.58. The van der Waals surface area contributed by atoms with Crippen molar-refractivity contribution >= 4 is 0 Å². The largest absolute Gasteiger partial charge is 0.394 e. The zero-order valence-electron chi connectivity index (χ0n) is 13.6. The quantitative estimate of drug-likeness (QED) is 0.785. The minimum Gasteiger partial charge on any atom is -0.394 e. The minimum absolute atomic E-state index is 0.159. The van der Waals surface area contributed by atoms with Crippen molar-refractivity contribution in [2.24, 2.45) is 0 Å². The van der Waals surface area contributed by atoms with Gasteiger partial charge in [0.2, 0.25) is 0 Å². The molecule has 0 aromatic heterocycles. The Morgan fingerprint density at radius 1 is 0.917 bits per heavy atom. The molecule has 0 spiro atoms. The topological polar surface area (TPSA) is 69.9 Å². The van der Waals surface area contributed by atoms with E-state index in [4.69, 9.17) is 4.74 Å². The van der Waals surface area contributed by atoms with Crippen molar-refractivity contribution in [1.29, 1.82) is 0 Å². The molecule has 0 bridgehead atoms. The van der Waals surface area contributed by atoms with Crippen LogP contribution >= 0.6 is 0 Å². The molecule has 1 fully saturated rings. The highest BCUT2D eigenvalue weighted by molar-refractivity contribution is 5.28. The molecule has 1 aliphatic rings. The van der Waals surface area contributed by atoms with Crippen molar-refractivity contribution in [3.8, 4) is 0 Å². The maximum absolute atomic E-state index is 10.2. The number of hydrogen-bond acceptors (Lipinski definition) is 4. The number of aliphatic hydroxyl groups is 3. The highest BCUT2D eigenvalue weighted by Crippen LogP contribution is 2.32. The number of rotatable bonds is 5. The Morgan fingerprint density at radius 3 is 2.38 bits per heavy atom. The van der Waals surface area contributed by atoms with Crippen molar-refractivity contribution in [2.75, 3.05) is 6.61 Å². The molecule has 0 radical (unpaired) electrons. The average Bonchev–Trinajstić information content (AvgIpc) is 2.63. The van der Waals surface area contributed by atoms with Gasteiger partial charge in [0.15, 0.2) is 0 Å². The van der Waals surface area contributed by atoms with Gasteiger partial charge in [-0.25, -0.2) is 0 Å². The second-order valence-corrected chi connectivity index (χ2v) is 6.39. The van der Waals surface area contributed by atoms with Crippen LogP contribution in [0.5, 0.6) is 0 Å². The van der Waals surface area contributed by atoms with E-state index >= 15 is 0 Å². The summed E-state index contributed by atoms with van der Waals surface area (Å²) in [5, 5.41) is 29.5. The molecule has 3 rings (SSSR count). The number of aliphatic hydroxyl groups excluding tert-OH is 3. The Balaban J connectivity index is 1.72. The van der Waals surface area contributed by atoms with Crippen LogP contribution in [-0.4, -0.2) is 40.2 Å². The predicted octanol–water partition coefficient (Wildman–Crippen LogP) is 2.02. The summed E-state index contributed by atoms with van der Waals surface area (Å²) in [6, 6.07) is 18.2. The molecule has 3 N–H and O–H groups in total. The van der Waals surface area contributed by atoms with Crippen LogP contribution in [0.15, 0.2) is 54.6 Å². The van der Waals surface area contributed by atoms with Crippen molar-refractivity contribution in [2.45, 2.75) is 43.7 Å². The lowest BCUT2D eigenvalue weighted by atomic mass is 9.92. The molecule has 2 aromatic rings. The third-order valence-corrected chi connectivity index (χ3v) is 4.58. The highest BCUT2D eigenvalue weighted by atomic mass is 16.5. The first-order chi connectivity index (χ1) is 11.7. The van der Waals surface area contributed by atoms with Crippen LogP contribution in [0.4, 0.5) is 0 Å². The van der Waals surface area contributed by atoms with E-state index in [9.17, 15) is 15.3 Å². The predicted molar refractivity (Wildman–Crippen MR) is 91.6 cm³/mol. The molecule has 128 valence electrons. The SMILES string of the molecule is OCC1CC(O)C(O)[C@@H](c2cccc(CCc3ccccc3)c2)O1. The van der Waals surface area contributed by atoms with Gasteiger partial charge in [0.05, 0.1) is 18.8 Å². The van der Waals surface area contributed by atoms with Gasteiger partial charge >= 0.3 is 0 Å². The van der Waals surface area contributed by atoms with Gasteiger partial charge in [0.1, 0.15) is 12.2 Å².